The third kappa shape index (κ3) is 2.09. The van der Waals surface area contributed by atoms with Crippen LogP contribution < -0.4 is 0 Å². The van der Waals surface area contributed by atoms with E-state index < -0.39 is 0 Å². The number of aromatic nitrogens is 2. The minimum Gasteiger partial charge on any atom is -0.367 e. The molecule has 0 saturated heterocycles. The first kappa shape index (κ1) is 12.9. The van der Waals surface area contributed by atoms with Crippen LogP contribution in [0.2, 0.25) is 0 Å². The first-order valence-corrected chi connectivity index (χ1v) is 5.35. The van der Waals surface area contributed by atoms with Crippen LogP contribution in [-0.4, -0.2) is 9.55 Å². The molecule has 0 aliphatic heterocycles. The van der Waals surface area contributed by atoms with Gasteiger partial charge in [-0.05, 0) is 12.1 Å². The topological polar surface area (TPSA) is 17.8 Å². The van der Waals surface area contributed by atoms with Gasteiger partial charge in [0, 0.05) is 33.0 Å². The second-order valence-corrected chi connectivity index (χ2v) is 3.90. The molecule has 2 aromatic carbocycles. The molecule has 2 nitrogen and oxygen atoms in total. The zero-order valence-corrected chi connectivity index (χ0v) is 12.0. The molecule has 3 aromatic rings. The van der Waals surface area contributed by atoms with Crippen LogP contribution in [0.5, 0.6) is 0 Å². The molecule has 0 amide bonds. The largest absolute Gasteiger partial charge is 0.367 e. The van der Waals surface area contributed by atoms with Gasteiger partial charge in [-0.25, -0.2) is 0 Å². The Labute approximate surface area is 118 Å². The van der Waals surface area contributed by atoms with Gasteiger partial charge in [0.25, 0.3) is 0 Å². The molecule has 1 heterocycles. The molecule has 0 unspecified atom stereocenters. The molecule has 0 fully saturated rings. The van der Waals surface area contributed by atoms with E-state index >= 15 is 0 Å². The maximum atomic E-state index is 12.8. The van der Waals surface area contributed by atoms with Crippen LogP contribution in [0.25, 0.3) is 22.4 Å². The average molecular weight is 417 g/mol. The summed E-state index contributed by atoms with van der Waals surface area (Å²) in [5.41, 5.74) is 2.79. The molecule has 18 heavy (non-hydrogen) atoms. The van der Waals surface area contributed by atoms with E-state index in [1.807, 2.05) is 35.9 Å². The van der Waals surface area contributed by atoms with E-state index in [0.717, 1.165) is 22.4 Å². The number of benzene rings is 2. The maximum Gasteiger partial charge on any atom is 0.0770 e. The number of imidazole rings is 1. The van der Waals surface area contributed by atoms with Gasteiger partial charge < -0.3 is 4.57 Å². The van der Waals surface area contributed by atoms with Gasteiger partial charge in [0.2, 0.25) is 0 Å². The number of nitrogens with zero attached hydrogens (tertiary/aromatic N) is 2. The first-order valence-electron chi connectivity index (χ1n) is 5.35. The average Bonchev–Trinajstić information content (AvgIpc) is 2.69. The number of para-hydroxylation sites is 2. The zero-order chi connectivity index (χ0) is 11.8. The molecule has 1 aromatic heterocycles. The van der Waals surface area contributed by atoms with Crippen molar-refractivity contribution in [1.29, 1.82) is 0 Å². The van der Waals surface area contributed by atoms with E-state index in [4.69, 9.17) is 0 Å². The fraction of sp³-hybridized carbons (Fsp3) is 0.0714. The SMILES string of the molecule is Cn1c(-c2[c-]cc(F)cc2)nc2ccccc21.[Ir]. The monoisotopic (exact) mass is 418 g/mol. The van der Waals surface area contributed by atoms with Gasteiger partial charge in [-0.1, -0.05) is 12.1 Å². The van der Waals surface area contributed by atoms with E-state index in [2.05, 4.69) is 11.1 Å². The number of rotatable bonds is 1. The molecule has 0 N–H and O–H groups in total. The van der Waals surface area contributed by atoms with Gasteiger partial charge in [0.1, 0.15) is 0 Å². The molecule has 0 aliphatic carbocycles. The summed E-state index contributed by atoms with van der Waals surface area (Å²) in [6, 6.07) is 15.2. The van der Waals surface area contributed by atoms with Crippen LogP contribution in [0, 0.1) is 11.9 Å². The summed E-state index contributed by atoms with van der Waals surface area (Å²) in [5.74, 6) is 0.513. The third-order valence-corrected chi connectivity index (χ3v) is 2.80. The van der Waals surface area contributed by atoms with Gasteiger partial charge in [-0.3, -0.25) is 9.37 Å². The second kappa shape index (κ2) is 5.01. The Morgan fingerprint density at radius 2 is 1.94 bits per heavy atom. The van der Waals surface area contributed by atoms with E-state index in [9.17, 15) is 4.39 Å². The molecule has 4 heteroatoms. The van der Waals surface area contributed by atoms with Crippen molar-refractivity contribution < 1.29 is 24.5 Å². The third-order valence-electron chi connectivity index (χ3n) is 2.80. The van der Waals surface area contributed by atoms with E-state index in [1.165, 1.54) is 12.1 Å². The number of hydrogen-bond acceptors (Lipinski definition) is 1. The Bertz CT molecular complexity index is 674. The van der Waals surface area contributed by atoms with E-state index in [1.54, 1.807) is 6.07 Å². The normalized spacial score (nSPS) is 10.3. The summed E-state index contributed by atoms with van der Waals surface area (Å²) in [6.45, 7) is 0. The molecule has 3 rings (SSSR count). The van der Waals surface area contributed by atoms with Crippen molar-refractivity contribution in [2.24, 2.45) is 7.05 Å². The number of fused-ring (bicyclic) bond motifs is 1. The summed E-state index contributed by atoms with van der Waals surface area (Å²) >= 11 is 0. The van der Waals surface area contributed by atoms with Gasteiger partial charge in [0.15, 0.2) is 0 Å². The predicted molar refractivity (Wildman–Crippen MR) is 64.9 cm³/mol. The Morgan fingerprint density at radius 1 is 1.17 bits per heavy atom. The molecule has 0 bridgehead atoms. The van der Waals surface area contributed by atoms with Crippen molar-refractivity contribution in [2.75, 3.05) is 0 Å². The van der Waals surface area contributed by atoms with Crippen LogP contribution in [0.3, 0.4) is 0 Å². The van der Waals surface area contributed by atoms with Crippen molar-refractivity contribution in [1.82, 2.24) is 9.55 Å². The zero-order valence-electron chi connectivity index (χ0n) is 9.65. The molecular formula is C14H10FIrN2-. The van der Waals surface area contributed by atoms with Crippen LogP contribution >= 0.6 is 0 Å². The molecule has 0 aliphatic rings. The smallest absolute Gasteiger partial charge is 0.0770 e. The Balaban J connectivity index is 0.00000120. The molecule has 0 atom stereocenters. The molecule has 0 spiro atoms. The quantitative estimate of drug-likeness (QED) is 0.556. The van der Waals surface area contributed by atoms with Crippen LogP contribution in [0.1, 0.15) is 0 Å². The minimum absolute atomic E-state index is 0. The summed E-state index contributed by atoms with van der Waals surface area (Å²) in [6.07, 6.45) is 0. The second-order valence-electron chi connectivity index (χ2n) is 3.90. The standard InChI is InChI=1S/C14H10FN2.Ir/c1-17-13-5-3-2-4-12(13)16-14(17)10-6-8-11(15)9-7-10;/h2-6,8-9H,1H3;/q-1;. The maximum absolute atomic E-state index is 12.8. The molecule has 0 saturated carbocycles. The van der Waals surface area contributed by atoms with E-state index in [0.29, 0.717) is 0 Å². The number of aryl methyl sites for hydroxylation is 1. The van der Waals surface area contributed by atoms with Crippen molar-refractivity contribution >= 4 is 11.0 Å². The fourth-order valence-corrected chi connectivity index (χ4v) is 1.93. The van der Waals surface area contributed by atoms with Crippen molar-refractivity contribution in [3.05, 3.63) is 54.3 Å². The van der Waals surface area contributed by atoms with Crippen LogP contribution in [-0.2, 0) is 27.2 Å². The summed E-state index contributed by atoms with van der Waals surface area (Å²) in [7, 11) is 1.95. The summed E-state index contributed by atoms with van der Waals surface area (Å²) in [5, 5.41) is 0. The van der Waals surface area contributed by atoms with Crippen molar-refractivity contribution in [2.45, 2.75) is 0 Å². The van der Waals surface area contributed by atoms with Crippen LogP contribution in [0.4, 0.5) is 4.39 Å². The van der Waals surface area contributed by atoms with Gasteiger partial charge in [-0.15, -0.1) is 29.8 Å². The summed E-state index contributed by atoms with van der Waals surface area (Å²) in [4.78, 5) is 4.52. The molecular weight excluding hydrogens is 407 g/mol. The Hall–Kier alpha value is -1.51. The Kier molecular flexibility index (Phi) is 3.60. The van der Waals surface area contributed by atoms with Gasteiger partial charge in [0.05, 0.1) is 16.9 Å². The van der Waals surface area contributed by atoms with Crippen molar-refractivity contribution in [3.63, 3.8) is 0 Å². The molecule has 1 radical (unpaired) electrons. The van der Waals surface area contributed by atoms with Crippen molar-refractivity contribution in [3.8, 4) is 11.4 Å². The Morgan fingerprint density at radius 3 is 2.61 bits per heavy atom. The van der Waals surface area contributed by atoms with Gasteiger partial charge in [-0.2, -0.15) is 0 Å². The van der Waals surface area contributed by atoms with Gasteiger partial charge >= 0.3 is 0 Å². The number of halogens is 1. The minimum atomic E-state index is -0.285. The number of hydrogen-bond donors (Lipinski definition) is 0. The molecule has 93 valence electrons. The predicted octanol–water partition coefficient (Wildman–Crippen LogP) is 3.18. The summed E-state index contributed by atoms with van der Waals surface area (Å²) < 4.78 is 14.8. The van der Waals surface area contributed by atoms with Crippen LogP contribution in [0.15, 0.2) is 42.5 Å². The first-order chi connectivity index (χ1) is 8.25. The fourth-order valence-electron chi connectivity index (χ4n) is 1.93. The van der Waals surface area contributed by atoms with E-state index in [-0.39, 0.29) is 25.9 Å².